The summed E-state index contributed by atoms with van der Waals surface area (Å²) in [6.45, 7) is 13.7. The molecule has 0 amide bonds. The fraction of sp³-hybridized carbons (Fsp3) is 1.00. The van der Waals surface area contributed by atoms with Crippen LogP contribution in [0.15, 0.2) is 0 Å². The Hall–Kier alpha value is 0.0649. The van der Waals surface area contributed by atoms with Crippen molar-refractivity contribution in [2.24, 2.45) is 17.8 Å². The lowest BCUT2D eigenvalue weighted by atomic mass is 9.60. The van der Waals surface area contributed by atoms with E-state index in [0.29, 0.717) is 5.92 Å². The molecular formula is C18H37B. The van der Waals surface area contributed by atoms with Crippen molar-refractivity contribution in [1.29, 1.82) is 0 Å². The van der Waals surface area contributed by atoms with Crippen LogP contribution in [0.4, 0.5) is 0 Å². The summed E-state index contributed by atoms with van der Waals surface area (Å²) in [6.07, 6.45) is 10.9. The molecule has 0 bridgehead atoms. The second kappa shape index (κ2) is 9.89. The zero-order valence-corrected chi connectivity index (χ0v) is 14.5. The zero-order chi connectivity index (χ0) is 14.9. The van der Waals surface area contributed by atoms with Crippen LogP contribution in [0, 0.1) is 17.8 Å². The van der Waals surface area contributed by atoms with Gasteiger partial charge in [0.15, 0.2) is 0 Å². The number of rotatable bonds is 11. The monoisotopic (exact) mass is 264 g/mol. The van der Waals surface area contributed by atoms with Crippen molar-refractivity contribution in [3.63, 3.8) is 0 Å². The molecule has 0 saturated carbocycles. The van der Waals surface area contributed by atoms with E-state index < -0.39 is 0 Å². The van der Waals surface area contributed by atoms with E-state index >= 15 is 0 Å². The van der Waals surface area contributed by atoms with Crippen LogP contribution in [-0.2, 0) is 0 Å². The van der Waals surface area contributed by atoms with Crippen molar-refractivity contribution >= 4 is 7.85 Å². The normalized spacial score (nSPS) is 15.7. The molecule has 0 N–H and O–H groups in total. The first-order valence-corrected chi connectivity index (χ1v) is 8.56. The molecule has 112 valence electrons. The minimum absolute atomic E-state index is 0.0136. The first-order valence-electron chi connectivity index (χ1n) is 8.56. The average Bonchev–Trinajstić information content (AvgIpc) is 2.28. The molecule has 0 fully saturated rings. The van der Waals surface area contributed by atoms with Crippen molar-refractivity contribution < 1.29 is 0 Å². The summed E-state index contributed by atoms with van der Waals surface area (Å²) in [5.74, 6) is 2.37. The standard InChI is InChI=1S/C18H37B/c1-7-17(18(5,6)19)14-16(4)13-11-9-8-10-12-15(2)3/h15-17H,7-14H2,1-6H3. The minimum Gasteiger partial charge on any atom is -0.0688 e. The molecule has 0 aliphatic rings. The highest BCUT2D eigenvalue weighted by atomic mass is 14.3. The summed E-state index contributed by atoms with van der Waals surface area (Å²) in [5, 5.41) is -0.0136. The van der Waals surface area contributed by atoms with Crippen molar-refractivity contribution in [2.75, 3.05) is 0 Å². The van der Waals surface area contributed by atoms with E-state index in [1.807, 2.05) is 0 Å². The molecule has 0 spiro atoms. The maximum atomic E-state index is 6.26. The Morgan fingerprint density at radius 3 is 1.84 bits per heavy atom. The molecule has 0 heterocycles. The van der Waals surface area contributed by atoms with Gasteiger partial charge in [-0.15, -0.1) is 0 Å². The van der Waals surface area contributed by atoms with Crippen LogP contribution >= 0.6 is 0 Å². The zero-order valence-electron chi connectivity index (χ0n) is 14.5. The van der Waals surface area contributed by atoms with E-state index in [9.17, 15) is 0 Å². The van der Waals surface area contributed by atoms with Gasteiger partial charge in [-0.05, 0) is 24.2 Å². The molecule has 1 heteroatoms. The summed E-state index contributed by atoms with van der Waals surface area (Å²) in [4.78, 5) is 0. The fourth-order valence-electron chi connectivity index (χ4n) is 3.00. The Morgan fingerprint density at radius 1 is 0.895 bits per heavy atom. The van der Waals surface area contributed by atoms with Gasteiger partial charge < -0.3 is 0 Å². The summed E-state index contributed by atoms with van der Waals surface area (Å²) in [7, 11) is 6.26. The van der Waals surface area contributed by atoms with Gasteiger partial charge in [0, 0.05) is 0 Å². The van der Waals surface area contributed by atoms with Gasteiger partial charge in [0.2, 0.25) is 0 Å². The molecule has 0 saturated heterocycles. The highest BCUT2D eigenvalue weighted by Crippen LogP contribution is 2.38. The SMILES string of the molecule is [B]C(C)(C)C(CC)CC(C)CCCCCCC(C)C. The highest BCUT2D eigenvalue weighted by Gasteiger charge is 2.23. The van der Waals surface area contributed by atoms with Gasteiger partial charge in [-0.2, -0.15) is 0 Å². The Balaban J connectivity index is 3.66. The van der Waals surface area contributed by atoms with Gasteiger partial charge in [0.1, 0.15) is 0 Å². The lowest BCUT2D eigenvalue weighted by Gasteiger charge is -2.32. The number of hydrogen-bond donors (Lipinski definition) is 0. The average molecular weight is 264 g/mol. The molecule has 0 rings (SSSR count). The highest BCUT2D eigenvalue weighted by molar-refractivity contribution is 6.14. The van der Waals surface area contributed by atoms with E-state index in [1.165, 1.54) is 51.4 Å². The van der Waals surface area contributed by atoms with Crippen LogP contribution in [-0.4, -0.2) is 7.85 Å². The van der Waals surface area contributed by atoms with Gasteiger partial charge in [-0.1, -0.05) is 91.8 Å². The molecule has 2 unspecified atom stereocenters. The second-order valence-corrected chi connectivity index (χ2v) is 7.65. The number of unbranched alkanes of at least 4 members (excludes halogenated alkanes) is 3. The molecule has 0 aromatic heterocycles. The van der Waals surface area contributed by atoms with Gasteiger partial charge in [-0.25, -0.2) is 0 Å². The Kier molecular flexibility index (Phi) is 9.92. The van der Waals surface area contributed by atoms with Crippen LogP contribution in [0.5, 0.6) is 0 Å². The van der Waals surface area contributed by atoms with Crippen molar-refractivity contribution in [1.82, 2.24) is 0 Å². The van der Waals surface area contributed by atoms with E-state index in [0.717, 1.165) is 11.8 Å². The van der Waals surface area contributed by atoms with E-state index in [4.69, 9.17) is 7.85 Å². The van der Waals surface area contributed by atoms with Gasteiger partial charge in [0.05, 0.1) is 7.85 Å². The molecule has 2 atom stereocenters. The van der Waals surface area contributed by atoms with Crippen molar-refractivity contribution in [2.45, 2.75) is 98.2 Å². The van der Waals surface area contributed by atoms with Crippen LogP contribution in [0.1, 0.15) is 92.9 Å². The minimum atomic E-state index is -0.0136. The topological polar surface area (TPSA) is 0 Å². The van der Waals surface area contributed by atoms with Crippen LogP contribution in [0.2, 0.25) is 5.31 Å². The summed E-state index contributed by atoms with van der Waals surface area (Å²) in [6, 6.07) is 0. The van der Waals surface area contributed by atoms with Gasteiger partial charge in [-0.3, -0.25) is 0 Å². The van der Waals surface area contributed by atoms with Crippen LogP contribution in [0.25, 0.3) is 0 Å². The third-order valence-corrected chi connectivity index (χ3v) is 4.46. The first kappa shape index (κ1) is 19.1. The lowest BCUT2D eigenvalue weighted by Crippen LogP contribution is -2.19. The molecule has 0 nitrogen and oxygen atoms in total. The molecule has 0 aliphatic heterocycles. The van der Waals surface area contributed by atoms with E-state index in [2.05, 4.69) is 41.5 Å². The third-order valence-electron chi connectivity index (χ3n) is 4.46. The Bertz CT molecular complexity index is 202. The quantitative estimate of drug-likeness (QED) is 0.299. The first-order chi connectivity index (χ1) is 8.77. The molecule has 0 aromatic rings. The lowest BCUT2D eigenvalue weighted by molar-refractivity contribution is 0.298. The van der Waals surface area contributed by atoms with Gasteiger partial charge >= 0.3 is 0 Å². The predicted molar refractivity (Wildman–Crippen MR) is 89.9 cm³/mol. The summed E-state index contributed by atoms with van der Waals surface area (Å²) < 4.78 is 0. The van der Waals surface area contributed by atoms with E-state index in [1.54, 1.807) is 0 Å². The molecule has 2 radical (unpaired) electrons. The molecule has 0 aromatic carbocycles. The van der Waals surface area contributed by atoms with Gasteiger partial charge in [0.25, 0.3) is 0 Å². The summed E-state index contributed by atoms with van der Waals surface area (Å²) in [5.41, 5.74) is 0. The maximum absolute atomic E-state index is 6.26. The van der Waals surface area contributed by atoms with Crippen LogP contribution in [0.3, 0.4) is 0 Å². The molecule has 0 aliphatic carbocycles. The smallest absolute Gasteiger partial charge is 0.0688 e. The van der Waals surface area contributed by atoms with E-state index in [-0.39, 0.29) is 5.31 Å². The van der Waals surface area contributed by atoms with Crippen molar-refractivity contribution in [3.8, 4) is 0 Å². The molecule has 19 heavy (non-hydrogen) atoms. The number of hydrogen-bond acceptors (Lipinski definition) is 0. The third kappa shape index (κ3) is 10.5. The Morgan fingerprint density at radius 2 is 1.42 bits per heavy atom. The summed E-state index contributed by atoms with van der Waals surface area (Å²) >= 11 is 0. The predicted octanol–water partition coefficient (Wildman–Crippen LogP) is 6.40. The largest absolute Gasteiger partial charge is 0.0742 e. The van der Waals surface area contributed by atoms with Crippen molar-refractivity contribution in [3.05, 3.63) is 0 Å². The second-order valence-electron chi connectivity index (χ2n) is 7.65. The molecular weight excluding hydrogens is 227 g/mol. The maximum Gasteiger partial charge on any atom is 0.0742 e. The van der Waals surface area contributed by atoms with Crippen LogP contribution < -0.4 is 0 Å². The fourth-order valence-corrected chi connectivity index (χ4v) is 3.00. The Labute approximate surface area is 124 Å².